The summed E-state index contributed by atoms with van der Waals surface area (Å²) < 4.78 is 0. The van der Waals surface area contributed by atoms with Crippen LogP contribution in [0.25, 0.3) is 11.1 Å². The number of nitrogens with zero attached hydrogens (tertiary/aromatic N) is 1. The minimum atomic E-state index is -0.561. The smallest absolute Gasteiger partial charge is 0.228 e. The van der Waals surface area contributed by atoms with Gasteiger partial charge in [0.2, 0.25) is 11.8 Å². The largest absolute Gasteiger partial charge is 0.359 e. The molecule has 1 atom stereocenters. The van der Waals surface area contributed by atoms with Crippen LogP contribution in [-0.4, -0.2) is 36.9 Å². The quantitative estimate of drug-likeness (QED) is 0.840. The van der Waals surface area contributed by atoms with Gasteiger partial charge in [0, 0.05) is 26.1 Å². The highest BCUT2D eigenvalue weighted by Crippen LogP contribution is 2.39. The van der Waals surface area contributed by atoms with E-state index in [0.29, 0.717) is 25.9 Å². The first-order chi connectivity index (χ1) is 14.0. The zero-order valence-electron chi connectivity index (χ0n) is 17.4. The Morgan fingerprint density at radius 1 is 1.14 bits per heavy atom. The van der Waals surface area contributed by atoms with Gasteiger partial charge in [0.25, 0.3) is 0 Å². The minimum absolute atomic E-state index is 0.0421. The molecule has 4 rings (SSSR count). The average Bonchev–Trinajstić information content (AvgIpc) is 3.12. The second-order valence-corrected chi connectivity index (χ2v) is 8.70. The second-order valence-electron chi connectivity index (χ2n) is 8.70. The Labute approximate surface area is 173 Å². The van der Waals surface area contributed by atoms with E-state index in [0.717, 1.165) is 19.3 Å². The van der Waals surface area contributed by atoms with E-state index in [1.165, 1.54) is 22.3 Å². The molecule has 2 amide bonds. The summed E-state index contributed by atoms with van der Waals surface area (Å²) >= 11 is 0. The number of carbonyl (C=O) groups is 2. The highest BCUT2D eigenvalue weighted by Gasteiger charge is 2.47. The van der Waals surface area contributed by atoms with Gasteiger partial charge in [-0.05, 0) is 49.3 Å². The maximum atomic E-state index is 13.0. The van der Waals surface area contributed by atoms with Crippen LogP contribution in [0.5, 0.6) is 0 Å². The maximum absolute atomic E-state index is 13.0. The lowest BCUT2D eigenvalue weighted by atomic mass is 9.78. The van der Waals surface area contributed by atoms with E-state index in [4.69, 9.17) is 0 Å². The first-order valence-electron chi connectivity index (χ1n) is 10.7. The lowest BCUT2D eigenvalue weighted by molar-refractivity contribution is -0.138. The van der Waals surface area contributed by atoms with Gasteiger partial charge < -0.3 is 10.2 Å². The summed E-state index contributed by atoms with van der Waals surface area (Å²) in [5, 5.41) is 2.88. The molecule has 1 N–H and O–H groups in total. The number of rotatable bonds is 5. The van der Waals surface area contributed by atoms with Crippen molar-refractivity contribution in [2.45, 2.75) is 39.0 Å². The number of amides is 2. The number of hydrogen-bond donors (Lipinski definition) is 1. The van der Waals surface area contributed by atoms with Crippen molar-refractivity contribution in [3.05, 3.63) is 59.7 Å². The van der Waals surface area contributed by atoms with Crippen molar-refractivity contribution < 1.29 is 9.59 Å². The van der Waals surface area contributed by atoms with Crippen LogP contribution in [0, 0.1) is 18.3 Å². The van der Waals surface area contributed by atoms with Crippen molar-refractivity contribution in [3.8, 4) is 11.1 Å². The molecule has 0 radical (unpaired) electrons. The summed E-state index contributed by atoms with van der Waals surface area (Å²) in [5.74, 6) is 0.463. The molecule has 4 nitrogen and oxygen atoms in total. The first kappa shape index (κ1) is 19.7. The zero-order valence-corrected chi connectivity index (χ0v) is 17.4. The summed E-state index contributed by atoms with van der Waals surface area (Å²) in [6.07, 6.45) is 4.50. The molecule has 152 valence electrons. The Morgan fingerprint density at radius 2 is 1.93 bits per heavy atom. The van der Waals surface area contributed by atoms with Gasteiger partial charge in [-0.3, -0.25) is 9.59 Å². The van der Waals surface area contributed by atoms with Gasteiger partial charge in [0.05, 0.1) is 5.41 Å². The highest BCUT2D eigenvalue weighted by atomic mass is 16.2. The zero-order chi connectivity index (χ0) is 20.4. The Kier molecular flexibility index (Phi) is 5.44. The molecule has 1 saturated heterocycles. The van der Waals surface area contributed by atoms with Crippen LogP contribution < -0.4 is 5.32 Å². The minimum Gasteiger partial charge on any atom is -0.359 e. The van der Waals surface area contributed by atoms with Crippen LogP contribution in [0.1, 0.15) is 36.8 Å². The molecule has 0 spiro atoms. The third-order valence-corrected chi connectivity index (χ3v) is 6.70. The van der Waals surface area contributed by atoms with Gasteiger partial charge in [-0.2, -0.15) is 0 Å². The van der Waals surface area contributed by atoms with Crippen molar-refractivity contribution in [2.75, 3.05) is 20.1 Å². The topological polar surface area (TPSA) is 49.4 Å². The lowest BCUT2D eigenvalue weighted by Gasteiger charge is -2.32. The monoisotopic (exact) mass is 390 g/mol. The molecule has 0 bridgehead atoms. The van der Waals surface area contributed by atoms with E-state index >= 15 is 0 Å². The predicted molar refractivity (Wildman–Crippen MR) is 115 cm³/mol. The molecule has 2 aromatic carbocycles. The van der Waals surface area contributed by atoms with Gasteiger partial charge in [-0.25, -0.2) is 0 Å². The van der Waals surface area contributed by atoms with Crippen LogP contribution in [0.4, 0.5) is 0 Å². The van der Waals surface area contributed by atoms with Crippen LogP contribution in [0.15, 0.2) is 48.5 Å². The third-order valence-electron chi connectivity index (χ3n) is 6.70. The van der Waals surface area contributed by atoms with Gasteiger partial charge >= 0.3 is 0 Å². The highest BCUT2D eigenvalue weighted by molar-refractivity contribution is 5.86. The fraction of sp³-hybridized carbons (Fsp3) is 0.440. The van der Waals surface area contributed by atoms with Crippen LogP contribution in [0.3, 0.4) is 0 Å². The van der Waals surface area contributed by atoms with Crippen molar-refractivity contribution in [1.82, 2.24) is 10.2 Å². The van der Waals surface area contributed by atoms with Gasteiger partial charge in [-0.1, -0.05) is 60.5 Å². The van der Waals surface area contributed by atoms with Crippen LogP contribution in [-0.2, 0) is 16.0 Å². The van der Waals surface area contributed by atoms with E-state index in [1.807, 2.05) is 11.0 Å². The summed E-state index contributed by atoms with van der Waals surface area (Å²) in [7, 11) is 1.70. The molecular formula is C25H30N2O2. The van der Waals surface area contributed by atoms with Gasteiger partial charge in [-0.15, -0.1) is 0 Å². The van der Waals surface area contributed by atoms with E-state index in [9.17, 15) is 9.59 Å². The second kappa shape index (κ2) is 8.02. The number of hydrogen-bond acceptors (Lipinski definition) is 2. The van der Waals surface area contributed by atoms with Crippen molar-refractivity contribution >= 4 is 11.8 Å². The fourth-order valence-corrected chi connectivity index (χ4v) is 4.78. The Balaban J connectivity index is 1.63. The van der Waals surface area contributed by atoms with Gasteiger partial charge in [0.1, 0.15) is 0 Å². The molecule has 2 fully saturated rings. The maximum Gasteiger partial charge on any atom is 0.228 e. The molecule has 0 aromatic heterocycles. The van der Waals surface area contributed by atoms with E-state index < -0.39 is 5.41 Å². The molecule has 1 saturated carbocycles. The van der Waals surface area contributed by atoms with Crippen molar-refractivity contribution in [3.63, 3.8) is 0 Å². The van der Waals surface area contributed by atoms with E-state index in [2.05, 4.69) is 54.7 Å². The molecule has 1 aliphatic heterocycles. The summed E-state index contributed by atoms with van der Waals surface area (Å²) in [5.41, 5.74) is 4.17. The van der Waals surface area contributed by atoms with Crippen molar-refractivity contribution in [1.29, 1.82) is 0 Å². The normalized spacial score (nSPS) is 21.7. The number of nitrogens with one attached hydrogen (secondary N) is 1. The Bertz CT molecular complexity index is 919. The summed E-state index contributed by atoms with van der Waals surface area (Å²) in [6.45, 7) is 3.29. The van der Waals surface area contributed by atoms with Crippen LogP contribution in [0.2, 0.25) is 0 Å². The molecule has 2 aliphatic rings. The number of carbonyl (C=O) groups excluding carboxylic acids is 2. The molecule has 1 aliphatic carbocycles. The molecule has 0 unspecified atom stereocenters. The molecular weight excluding hydrogens is 360 g/mol. The average molecular weight is 391 g/mol. The molecule has 1 heterocycles. The predicted octanol–water partition coefficient (Wildman–Crippen LogP) is 3.97. The van der Waals surface area contributed by atoms with Gasteiger partial charge in [0.15, 0.2) is 0 Å². The van der Waals surface area contributed by atoms with E-state index in [-0.39, 0.29) is 17.7 Å². The molecule has 2 aromatic rings. The Hall–Kier alpha value is -2.62. The van der Waals surface area contributed by atoms with E-state index in [1.54, 1.807) is 7.05 Å². The SMILES string of the molecule is CNC(=O)[C@]1(Cc2ccccc2-c2cccc(C)c2)CCN(C(=O)C2CCC2)C1. The van der Waals surface area contributed by atoms with Crippen molar-refractivity contribution in [2.24, 2.45) is 11.3 Å². The lowest BCUT2D eigenvalue weighted by Crippen LogP contribution is -2.45. The fourth-order valence-electron chi connectivity index (χ4n) is 4.78. The third kappa shape index (κ3) is 3.81. The first-order valence-corrected chi connectivity index (χ1v) is 10.7. The molecule has 4 heteroatoms. The molecule has 29 heavy (non-hydrogen) atoms. The summed E-state index contributed by atoms with van der Waals surface area (Å²) in [6, 6.07) is 16.8. The number of benzene rings is 2. The van der Waals surface area contributed by atoms with Crippen LogP contribution >= 0.6 is 0 Å². The number of likely N-dealkylation sites (tertiary alicyclic amines) is 1. The standard InChI is InChI=1S/C25H30N2O2/c1-18-7-5-11-20(15-18)22-12-4-3-8-21(22)16-25(24(29)26-2)13-14-27(17-25)23(28)19-9-6-10-19/h3-5,7-8,11-12,15,19H,6,9-10,13-14,16-17H2,1-2H3,(H,26,29)/t25-/m0/s1. The number of aryl methyl sites for hydroxylation is 1. The Morgan fingerprint density at radius 3 is 2.62 bits per heavy atom. The summed E-state index contributed by atoms with van der Waals surface area (Å²) in [4.78, 5) is 27.8.